The number of fused-ring (bicyclic) bond motifs is 7. The molecule has 3 aromatic rings. The molecule has 5 atom stereocenters. The number of hydrogen-bond acceptors (Lipinski definition) is 7. The minimum absolute atomic E-state index is 0.113. The molecule has 8 nitrogen and oxygen atoms in total. The first kappa shape index (κ1) is 24.9. The first-order valence-electron chi connectivity index (χ1n) is 13.7. The van der Waals surface area contributed by atoms with Gasteiger partial charge in [-0.3, -0.25) is 14.4 Å². The molecule has 3 heterocycles. The van der Waals surface area contributed by atoms with Crippen molar-refractivity contribution in [3.8, 4) is 11.8 Å². The predicted molar refractivity (Wildman–Crippen MR) is 145 cm³/mol. The van der Waals surface area contributed by atoms with Crippen LogP contribution in [0.4, 0.5) is 5.69 Å². The third-order valence-corrected chi connectivity index (χ3v) is 9.42. The number of ketones is 1. The highest BCUT2D eigenvalue weighted by Gasteiger charge is 2.77. The summed E-state index contributed by atoms with van der Waals surface area (Å²) in [4.78, 5) is 41.5. The van der Waals surface area contributed by atoms with Crippen LogP contribution in [0.1, 0.15) is 54.1 Å². The van der Waals surface area contributed by atoms with Crippen molar-refractivity contribution in [1.29, 1.82) is 5.26 Å². The summed E-state index contributed by atoms with van der Waals surface area (Å²) < 4.78 is 12.6. The molecule has 8 heteroatoms. The summed E-state index contributed by atoms with van der Waals surface area (Å²) in [6.07, 6.45) is 1.63. The third kappa shape index (κ3) is 3.28. The van der Waals surface area contributed by atoms with E-state index in [0.29, 0.717) is 23.1 Å². The van der Waals surface area contributed by atoms with E-state index in [0.717, 1.165) is 28.7 Å². The van der Waals surface area contributed by atoms with Gasteiger partial charge in [0.15, 0.2) is 5.78 Å². The fraction of sp³-hybridized carbons (Fsp3) is 0.375. The van der Waals surface area contributed by atoms with Crippen LogP contribution in [0.5, 0.6) is 5.75 Å². The van der Waals surface area contributed by atoms with E-state index in [9.17, 15) is 24.8 Å². The number of Topliss-reactive ketones (excluding diaryl/α,β-unsaturated/α-hetero) is 1. The molecule has 5 unspecified atom stereocenters. The van der Waals surface area contributed by atoms with Gasteiger partial charge in [0.05, 0.1) is 41.4 Å². The molecule has 3 aromatic carbocycles. The van der Waals surface area contributed by atoms with Crippen LogP contribution in [-0.2, 0) is 20.7 Å². The van der Waals surface area contributed by atoms with Gasteiger partial charge in [0.25, 0.3) is 0 Å². The molecule has 2 bridgehead atoms. The molecular formula is C32H28N2O6. The van der Waals surface area contributed by atoms with Gasteiger partial charge in [-0.2, -0.15) is 5.26 Å². The maximum Gasteiger partial charge on any atom is 0.240 e. The van der Waals surface area contributed by atoms with E-state index in [1.165, 1.54) is 0 Å². The van der Waals surface area contributed by atoms with Gasteiger partial charge in [0.2, 0.25) is 11.8 Å². The number of imide groups is 1. The maximum atomic E-state index is 14.1. The van der Waals surface area contributed by atoms with Crippen molar-refractivity contribution in [2.24, 2.45) is 11.8 Å². The molecule has 0 radical (unpaired) electrons. The summed E-state index contributed by atoms with van der Waals surface area (Å²) in [5, 5.41) is 22.6. The lowest BCUT2D eigenvalue weighted by molar-refractivity contribution is -0.134. The van der Waals surface area contributed by atoms with E-state index in [4.69, 9.17) is 9.47 Å². The van der Waals surface area contributed by atoms with Gasteiger partial charge in [-0.25, -0.2) is 4.90 Å². The minimum Gasteiger partial charge on any atom is -0.493 e. The fourth-order valence-corrected chi connectivity index (χ4v) is 7.54. The Kier molecular flexibility index (Phi) is 5.44. The number of carbonyl (C=O) groups is 3. The van der Waals surface area contributed by atoms with Gasteiger partial charge in [0.1, 0.15) is 17.4 Å². The molecule has 4 aliphatic rings. The zero-order valence-corrected chi connectivity index (χ0v) is 22.1. The Labute approximate surface area is 231 Å². The molecule has 1 N–H and O–H groups in total. The average Bonchev–Trinajstić information content (AvgIpc) is 3.49. The standard InChI is InChI=1S/C32H28N2O6/c1-31-26(36)16-32(40-31,14-15-39-25-11-5-8-20-21(25)9-4-10-24(20)35)28-27(31)29(37)34(30(28)38)23-13-12-18-6-2-3-7-19(18)22(23)17-33/h2-3,5-8,11-13,26-28,36H,4,9-10,14-16H2,1H3. The van der Waals surface area contributed by atoms with Crippen molar-refractivity contribution in [3.05, 3.63) is 71.3 Å². The number of aliphatic hydroxyl groups excluding tert-OH is 1. The monoisotopic (exact) mass is 536 g/mol. The number of amides is 2. The average molecular weight is 537 g/mol. The zero-order valence-electron chi connectivity index (χ0n) is 22.1. The van der Waals surface area contributed by atoms with Crippen LogP contribution in [0.3, 0.4) is 0 Å². The van der Waals surface area contributed by atoms with Crippen LogP contribution in [0.15, 0.2) is 54.6 Å². The van der Waals surface area contributed by atoms with E-state index < -0.39 is 41.0 Å². The summed E-state index contributed by atoms with van der Waals surface area (Å²) >= 11 is 0. The Bertz CT molecular complexity index is 1660. The number of anilines is 1. The van der Waals surface area contributed by atoms with Gasteiger partial charge < -0.3 is 14.6 Å². The first-order valence-corrected chi connectivity index (χ1v) is 13.7. The molecular weight excluding hydrogens is 508 g/mol. The van der Waals surface area contributed by atoms with Crippen LogP contribution in [0, 0.1) is 23.2 Å². The summed E-state index contributed by atoms with van der Waals surface area (Å²) in [6.45, 7) is 1.89. The Balaban J connectivity index is 1.21. The Hall–Kier alpha value is -4.06. The predicted octanol–water partition coefficient (Wildman–Crippen LogP) is 4.10. The second-order valence-electron chi connectivity index (χ2n) is 11.5. The molecule has 0 aromatic heterocycles. The van der Waals surface area contributed by atoms with E-state index >= 15 is 0 Å². The summed E-state index contributed by atoms with van der Waals surface area (Å²) in [7, 11) is 0. The normalized spacial score (nSPS) is 30.5. The number of carbonyl (C=O) groups excluding carboxylic acids is 3. The Morgan fingerprint density at radius 3 is 2.67 bits per heavy atom. The van der Waals surface area contributed by atoms with Gasteiger partial charge in [-0.15, -0.1) is 0 Å². The van der Waals surface area contributed by atoms with Crippen molar-refractivity contribution in [2.45, 2.75) is 56.3 Å². The third-order valence-electron chi connectivity index (χ3n) is 9.42. The number of rotatable bonds is 5. The number of aliphatic hydroxyl groups is 1. The van der Waals surface area contributed by atoms with Gasteiger partial charge in [-0.05, 0) is 37.3 Å². The molecule has 3 fully saturated rings. The number of nitrogens with zero attached hydrogens (tertiary/aromatic N) is 2. The quantitative estimate of drug-likeness (QED) is 0.488. The number of benzene rings is 3. The van der Waals surface area contributed by atoms with Crippen molar-refractivity contribution < 1.29 is 29.0 Å². The summed E-state index contributed by atoms with van der Waals surface area (Å²) in [5.41, 5.74) is -0.201. The number of nitriles is 1. The molecule has 0 saturated carbocycles. The first-order chi connectivity index (χ1) is 19.3. The van der Waals surface area contributed by atoms with E-state index in [1.807, 2.05) is 36.4 Å². The Morgan fingerprint density at radius 2 is 1.85 bits per heavy atom. The molecule has 0 spiro atoms. The van der Waals surface area contributed by atoms with Gasteiger partial charge in [-0.1, -0.05) is 42.5 Å². The van der Waals surface area contributed by atoms with Crippen LogP contribution in [0.2, 0.25) is 0 Å². The highest BCUT2D eigenvalue weighted by molar-refractivity contribution is 6.24. The molecule has 1 aliphatic carbocycles. The number of ether oxygens (including phenoxy) is 2. The molecule has 2 amide bonds. The van der Waals surface area contributed by atoms with E-state index in [1.54, 1.807) is 25.1 Å². The summed E-state index contributed by atoms with van der Waals surface area (Å²) in [6, 6.07) is 18.5. The fourth-order valence-electron chi connectivity index (χ4n) is 7.54. The smallest absolute Gasteiger partial charge is 0.240 e. The highest BCUT2D eigenvalue weighted by Crippen LogP contribution is 2.62. The molecule has 40 heavy (non-hydrogen) atoms. The van der Waals surface area contributed by atoms with Crippen molar-refractivity contribution >= 4 is 34.1 Å². The SMILES string of the molecule is CC12OC(CCOc3cccc4c3CCCC4=O)(CC1O)C1C(=O)N(c3ccc4ccccc4c3C#N)C(=O)C12. The van der Waals surface area contributed by atoms with Crippen LogP contribution < -0.4 is 9.64 Å². The second kappa shape index (κ2) is 8.72. The largest absolute Gasteiger partial charge is 0.493 e. The van der Waals surface area contributed by atoms with E-state index in [2.05, 4.69) is 6.07 Å². The van der Waals surface area contributed by atoms with Crippen LogP contribution in [-0.4, -0.2) is 46.6 Å². The highest BCUT2D eigenvalue weighted by atomic mass is 16.6. The van der Waals surface area contributed by atoms with Crippen molar-refractivity contribution in [2.75, 3.05) is 11.5 Å². The lowest BCUT2D eigenvalue weighted by Crippen LogP contribution is -2.49. The zero-order chi connectivity index (χ0) is 27.8. The molecule has 202 valence electrons. The van der Waals surface area contributed by atoms with E-state index in [-0.39, 0.29) is 36.5 Å². The lowest BCUT2D eigenvalue weighted by Gasteiger charge is -2.33. The minimum atomic E-state index is -1.23. The lowest BCUT2D eigenvalue weighted by atomic mass is 9.66. The van der Waals surface area contributed by atoms with Gasteiger partial charge in [0, 0.05) is 35.8 Å². The number of hydrogen-bond donors (Lipinski definition) is 1. The van der Waals surface area contributed by atoms with Crippen LogP contribution in [0.25, 0.3) is 10.8 Å². The molecule has 7 rings (SSSR count). The maximum absolute atomic E-state index is 14.1. The van der Waals surface area contributed by atoms with Crippen molar-refractivity contribution in [3.63, 3.8) is 0 Å². The second-order valence-corrected chi connectivity index (χ2v) is 11.5. The van der Waals surface area contributed by atoms with Crippen LogP contribution >= 0.6 is 0 Å². The Morgan fingerprint density at radius 1 is 1.05 bits per heavy atom. The van der Waals surface area contributed by atoms with Crippen molar-refractivity contribution in [1.82, 2.24) is 0 Å². The molecule has 3 saturated heterocycles. The summed E-state index contributed by atoms with van der Waals surface area (Å²) in [5.74, 6) is -1.79. The topological polar surface area (TPSA) is 117 Å². The van der Waals surface area contributed by atoms with Gasteiger partial charge >= 0.3 is 0 Å². The molecule has 3 aliphatic heterocycles.